The summed E-state index contributed by atoms with van der Waals surface area (Å²) in [4.78, 5) is 25.8. The van der Waals surface area contributed by atoms with Crippen LogP contribution < -0.4 is 0 Å². The molecule has 0 radical (unpaired) electrons. The topological polar surface area (TPSA) is 77.8 Å². The standard InChI is InChI=1S/C24H27ClFNO4/c1-23(2,3)20-19(27(22(30)31)21(29)24(20,4)13-28)11-14-5-7-15(8-6-14)17-12-16(25)9-10-18(17)26/h5-10,12,19-20,28H,11,13H2,1-4H3,(H,30,31)/t19-,20?,24-/m1/s1. The number of carboxylic acid groups (broad SMARTS) is 1. The Kier molecular flexibility index (Phi) is 6.18. The number of amides is 2. The van der Waals surface area contributed by atoms with Crippen LogP contribution in [0.1, 0.15) is 33.3 Å². The van der Waals surface area contributed by atoms with Gasteiger partial charge in [0, 0.05) is 16.5 Å². The van der Waals surface area contributed by atoms with Crippen LogP contribution in [0.2, 0.25) is 5.02 Å². The molecule has 1 aliphatic rings. The summed E-state index contributed by atoms with van der Waals surface area (Å²) in [6, 6.07) is 10.8. The van der Waals surface area contributed by atoms with Crippen molar-refractivity contribution in [3.63, 3.8) is 0 Å². The number of carbonyl (C=O) groups excluding carboxylic acids is 1. The summed E-state index contributed by atoms with van der Waals surface area (Å²) in [6.45, 7) is 7.04. The van der Waals surface area contributed by atoms with Gasteiger partial charge in [0.25, 0.3) is 0 Å². The maximum Gasteiger partial charge on any atom is 0.414 e. The first-order valence-corrected chi connectivity index (χ1v) is 10.5. The van der Waals surface area contributed by atoms with E-state index in [-0.39, 0.29) is 5.82 Å². The first-order chi connectivity index (χ1) is 14.4. The fraction of sp³-hybridized carbons (Fsp3) is 0.417. The van der Waals surface area contributed by atoms with Crippen LogP contribution in [0.3, 0.4) is 0 Å². The van der Waals surface area contributed by atoms with E-state index in [0.717, 1.165) is 10.5 Å². The zero-order chi connectivity index (χ0) is 23.1. The number of aliphatic hydroxyl groups excluding tert-OH is 1. The predicted octanol–water partition coefficient (Wildman–Crippen LogP) is 5.24. The Bertz CT molecular complexity index is 1000. The van der Waals surface area contributed by atoms with Crippen LogP contribution >= 0.6 is 11.6 Å². The number of benzene rings is 2. The second-order valence-corrected chi connectivity index (χ2v) is 9.91. The fourth-order valence-corrected chi connectivity index (χ4v) is 5.22. The molecule has 0 aliphatic carbocycles. The lowest BCUT2D eigenvalue weighted by atomic mass is 9.63. The van der Waals surface area contributed by atoms with Gasteiger partial charge in [0.1, 0.15) is 5.82 Å². The summed E-state index contributed by atoms with van der Waals surface area (Å²) in [6.07, 6.45) is -1.02. The summed E-state index contributed by atoms with van der Waals surface area (Å²) in [5.74, 6) is -1.36. The van der Waals surface area contributed by atoms with Crippen molar-refractivity contribution in [1.82, 2.24) is 4.90 Å². The van der Waals surface area contributed by atoms with E-state index in [1.54, 1.807) is 37.3 Å². The average Bonchev–Trinajstić information content (AvgIpc) is 2.91. The fourth-order valence-electron chi connectivity index (χ4n) is 5.05. The normalized spacial score (nSPS) is 24.0. The molecule has 31 heavy (non-hydrogen) atoms. The molecule has 1 unspecified atom stereocenters. The highest BCUT2D eigenvalue weighted by Crippen LogP contribution is 2.51. The third-order valence-electron chi connectivity index (χ3n) is 6.22. The van der Waals surface area contributed by atoms with Gasteiger partial charge in [-0.05, 0) is 48.1 Å². The van der Waals surface area contributed by atoms with E-state index in [1.807, 2.05) is 20.8 Å². The molecule has 0 aromatic heterocycles. The third kappa shape index (κ3) is 4.19. The number of nitrogens with zero attached hydrogens (tertiary/aromatic N) is 1. The number of likely N-dealkylation sites (tertiary alicyclic amines) is 1. The Morgan fingerprint density at radius 2 is 1.81 bits per heavy atom. The van der Waals surface area contributed by atoms with Crippen LogP contribution in [-0.2, 0) is 11.2 Å². The van der Waals surface area contributed by atoms with Crippen molar-refractivity contribution in [1.29, 1.82) is 0 Å². The Hall–Kier alpha value is -2.44. The molecule has 1 heterocycles. The zero-order valence-corrected chi connectivity index (χ0v) is 18.8. The summed E-state index contributed by atoms with van der Waals surface area (Å²) < 4.78 is 14.2. The average molecular weight is 448 g/mol. The van der Waals surface area contributed by atoms with Crippen LogP contribution in [0.15, 0.2) is 42.5 Å². The van der Waals surface area contributed by atoms with Crippen molar-refractivity contribution >= 4 is 23.6 Å². The molecule has 166 valence electrons. The van der Waals surface area contributed by atoms with Gasteiger partial charge in [-0.3, -0.25) is 4.79 Å². The Labute approximate surface area is 186 Å². The molecule has 0 spiro atoms. The second-order valence-electron chi connectivity index (χ2n) is 9.47. The van der Waals surface area contributed by atoms with Crippen molar-refractivity contribution < 1.29 is 24.2 Å². The number of hydrogen-bond donors (Lipinski definition) is 2. The molecule has 3 atom stereocenters. The number of carbonyl (C=O) groups is 2. The number of imide groups is 1. The molecule has 2 amide bonds. The van der Waals surface area contributed by atoms with Crippen molar-refractivity contribution in [3.8, 4) is 11.1 Å². The van der Waals surface area contributed by atoms with Gasteiger partial charge in [0.2, 0.25) is 5.91 Å². The van der Waals surface area contributed by atoms with E-state index < -0.39 is 41.4 Å². The van der Waals surface area contributed by atoms with Crippen LogP contribution in [0.5, 0.6) is 0 Å². The van der Waals surface area contributed by atoms with Crippen LogP contribution in [0.25, 0.3) is 11.1 Å². The van der Waals surface area contributed by atoms with Crippen molar-refractivity contribution in [2.45, 2.75) is 40.2 Å². The quantitative estimate of drug-likeness (QED) is 0.672. The van der Waals surface area contributed by atoms with Gasteiger partial charge >= 0.3 is 6.09 Å². The SMILES string of the molecule is CC(C)(C)C1[C@@H](Cc2ccc(-c3cc(Cl)ccc3F)cc2)N(C(=O)O)C(=O)[C@]1(C)CO. The Morgan fingerprint density at radius 1 is 1.19 bits per heavy atom. The predicted molar refractivity (Wildman–Crippen MR) is 117 cm³/mol. The van der Waals surface area contributed by atoms with Crippen LogP contribution in [0, 0.1) is 22.6 Å². The van der Waals surface area contributed by atoms with Crippen LogP contribution in [0.4, 0.5) is 9.18 Å². The van der Waals surface area contributed by atoms with Gasteiger partial charge in [-0.15, -0.1) is 0 Å². The molecule has 0 bridgehead atoms. The highest BCUT2D eigenvalue weighted by molar-refractivity contribution is 6.30. The van der Waals surface area contributed by atoms with Gasteiger partial charge in [-0.2, -0.15) is 0 Å². The minimum absolute atomic E-state index is 0.299. The van der Waals surface area contributed by atoms with E-state index in [9.17, 15) is 24.2 Å². The van der Waals surface area contributed by atoms with Crippen molar-refractivity contribution in [2.24, 2.45) is 16.7 Å². The van der Waals surface area contributed by atoms with Crippen molar-refractivity contribution in [3.05, 3.63) is 58.9 Å². The highest BCUT2D eigenvalue weighted by atomic mass is 35.5. The summed E-state index contributed by atoms with van der Waals surface area (Å²) in [7, 11) is 0. The summed E-state index contributed by atoms with van der Waals surface area (Å²) in [5, 5.41) is 20.2. The molecular formula is C24H27ClFNO4. The second kappa shape index (κ2) is 8.24. The largest absolute Gasteiger partial charge is 0.465 e. The monoisotopic (exact) mass is 447 g/mol. The van der Waals surface area contributed by atoms with E-state index >= 15 is 0 Å². The lowest BCUT2D eigenvalue weighted by Crippen LogP contribution is -2.44. The van der Waals surface area contributed by atoms with Gasteiger partial charge in [-0.25, -0.2) is 14.1 Å². The van der Waals surface area contributed by atoms with E-state index in [1.165, 1.54) is 12.1 Å². The molecule has 1 fully saturated rings. The third-order valence-corrected chi connectivity index (χ3v) is 6.45. The zero-order valence-electron chi connectivity index (χ0n) is 18.0. The first kappa shape index (κ1) is 23.2. The van der Waals surface area contributed by atoms with Gasteiger partial charge < -0.3 is 10.2 Å². The summed E-state index contributed by atoms with van der Waals surface area (Å²) in [5.41, 5.74) is 0.222. The molecule has 7 heteroatoms. The molecule has 0 saturated carbocycles. The molecule has 3 rings (SSSR count). The number of hydrogen-bond acceptors (Lipinski definition) is 3. The number of halogens is 2. The highest BCUT2D eigenvalue weighted by Gasteiger charge is 2.61. The molecule has 2 N–H and O–H groups in total. The minimum Gasteiger partial charge on any atom is -0.465 e. The number of aliphatic hydroxyl groups is 1. The maximum absolute atomic E-state index is 14.2. The van der Waals surface area contributed by atoms with E-state index in [4.69, 9.17) is 11.6 Å². The molecule has 1 saturated heterocycles. The van der Waals surface area contributed by atoms with E-state index in [0.29, 0.717) is 22.6 Å². The van der Waals surface area contributed by atoms with Gasteiger partial charge in [0.05, 0.1) is 18.1 Å². The van der Waals surface area contributed by atoms with E-state index in [2.05, 4.69) is 0 Å². The number of rotatable bonds is 4. The van der Waals surface area contributed by atoms with Gasteiger partial charge in [-0.1, -0.05) is 56.6 Å². The molecular weight excluding hydrogens is 421 g/mol. The smallest absolute Gasteiger partial charge is 0.414 e. The molecule has 5 nitrogen and oxygen atoms in total. The molecule has 1 aliphatic heterocycles. The lowest BCUT2D eigenvalue weighted by molar-refractivity contribution is -0.137. The van der Waals surface area contributed by atoms with Crippen LogP contribution in [-0.4, -0.2) is 39.8 Å². The molecule has 2 aromatic rings. The molecule has 2 aromatic carbocycles. The Balaban J connectivity index is 1.98. The lowest BCUT2D eigenvalue weighted by Gasteiger charge is -2.39. The summed E-state index contributed by atoms with van der Waals surface area (Å²) >= 11 is 5.99. The van der Waals surface area contributed by atoms with Crippen molar-refractivity contribution in [2.75, 3.05) is 6.61 Å². The maximum atomic E-state index is 14.2. The Morgan fingerprint density at radius 3 is 2.32 bits per heavy atom. The van der Waals surface area contributed by atoms with Gasteiger partial charge in [0.15, 0.2) is 0 Å². The first-order valence-electron chi connectivity index (χ1n) is 10.1. The minimum atomic E-state index is -1.32.